The van der Waals surface area contributed by atoms with Crippen LogP contribution in [0.25, 0.3) is 0 Å². The Morgan fingerprint density at radius 1 is 1.22 bits per heavy atom. The van der Waals surface area contributed by atoms with Gasteiger partial charge in [-0.25, -0.2) is 4.79 Å². The van der Waals surface area contributed by atoms with Gasteiger partial charge in [-0.05, 0) is 36.8 Å². The Kier molecular flexibility index (Phi) is 6.30. The largest absolute Gasteiger partial charge is 0.493 e. The lowest BCUT2D eigenvalue weighted by molar-refractivity contribution is 0.0526. The average molecular weight is 400 g/mol. The molecule has 0 spiro atoms. The van der Waals surface area contributed by atoms with Crippen LogP contribution in [0.5, 0.6) is 11.5 Å². The third kappa shape index (κ3) is 4.62. The number of ether oxygens (including phenoxy) is 3. The maximum Gasteiger partial charge on any atom is 0.338 e. The summed E-state index contributed by atoms with van der Waals surface area (Å²) >= 11 is 9.61. The molecule has 2 aromatic rings. The first-order valence-corrected chi connectivity index (χ1v) is 8.14. The van der Waals surface area contributed by atoms with Gasteiger partial charge in [-0.15, -0.1) is 0 Å². The van der Waals surface area contributed by atoms with Gasteiger partial charge in [0.2, 0.25) is 0 Å². The van der Waals surface area contributed by atoms with Crippen LogP contribution in [0.3, 0.4) is 0 Å². The predicted molar refractivity (Wildman–Crippen MR) is 92.4 cm³/mol. The Balaban J connectivity index is 2.20. The van der Waals surface area contributed by atoms with Crippen LogP contribution in [0.1, 0.15) is 22.8 Å². The van der Waals surface area contributed by atoms with Gasteiger partial charge < -0.3 is 14.2 Å². The highest BCUT2D eigenvalue weighted by atomic mass is 79.9. The van der Waals surface area contributed by atoms with Crippen LogP contribution in [-0.2, 0) is 11.3 Å². The summed E-state index contributed by atoms with van der Waals surface area (Å²) in [5.41, 5.74) is 1.31. The van der Waals surface area contributed by atoms with Crippen molar-refractivity contribution in [2.75, 3.05) is 13.7 Å². The van der Waals surface area contributed by atoms with E-state index in [0.29, 0.717) is 35.3 Å². The normalized spacial score (nSPS) is 10.3. The van der Waals surface area contributed by atoms with Gasteiger partial charge in [0.1, 0.15) is 6.61 Å². The first kappa shape index (κ1) is 17.6. The van der Waals surface area contributed by atoms with E-state index in [4.69, 9.17) is 25.8 Å². The van der Waals surface area contributed by atoms with E-state index in [9.17, 15) is 4.79 Å². The second-order valence-electron chi connectivity index (χ2n) is 4.63. The van der Waals surface area contributed by atoms with Crippen molar-refractivity contribution in [1.82, 2.24) is 0 Å². The number of carbonyl (C=O) groups excluding carboxylic acids is 1. The lowest BCUT2D eigenvalue weighted by atomic mass is 10.2. The number of carbonyl (C=O) groups is 1. The third-order valence-corrected chi connectivity index (χ3v) is 3.85. The molecule has 23 heavy (non-hydrogen) atoms. The maximum absolute atomic E-state index is 11.8. The highest BCUT2D eigenvalue weighted by molar-refractivity contribution is 9.10. The Morgan fingerprint density at radius 3 is 2.52 bits per heavy atom. The summed E-state index contributed by atoms with van der Waals surface area (Å²) in [4.78, 5) is 11.8. The summed E-state index contributed by atoms with van der Waals surface area (Å²) in [6.45, 7) is 2.37. The average Bonchev–Trinajstić information content (AvgIpc) is 2.54. The van der Waals surface area contributed by atoms with Crippen molar-refractivity contribution in [1.29, 1.82) is 0 Å². The van der Waals surface area contributed by atoms with Crippen molar-refractivity contribution in [3.05, 3.63) is 57.0 Å². The minimum Gasteiger partial charge on any atom is -0.493 e. The molecule has 0 aliphatic heterocycles. The van der Waals surface area contributed by atoms with Gasteiger partial charge in [-0.3, -0.25) is 0 Å². The number of halogens is 2. The highest BCUT2D eigenvalue weighted by Gasteiger charge is 2.16. The second kappa shape index (κ2) is 8.22. The van der Waals surface area contributed by atoms with Gasteiger partial charge in [0.05, 0.1) is 24.3 Å². The molecular formula is C17H16BrClO4. The van der Waals surface area contributed by atoms with Crippen LogP contribution >= 0.6 is 27.5 Å². The molecule has 0 N–H and O–H groups in total. The van der Waals surface area contributed by atoms with Gasteiger partial charge in [0.25, 0.3) is 0 Å². The highest BCUT2D eigenvalue weighted by Crippen LogP contribution is 2.37. The van der Waals surface area contributed by atoms with Crippen LogP contribution in [0.4, 0.5) is 0 Å². The summed E-state index contributed by atoms with van der Waals surface area (Å²) in [7, 11) is 1.49. The molecule has 2 aromatic carbocycles. The lowest BCUT2D eigenvalue weighted by Gasteiger charge is -2.14. The topological polar surface area (TPSA) is 44.8 Å². The van der Waals surface area contributed by atoms with Crippen molar-refractivity contribution < 1.29 is 19.0 Å². The van der Waals surface area contributed by atoms with Crippen molar-refractivity contribution in [2.45, 2.75) is 13.5 Å². The van der Waals surface area contributed by atoms with Crippen molar-refractivity contribution in [3.63, 3.8) is 0 Å². The smallest absolute Gasteiger partial charge is 0.338 e. The Morgan fingerprint density at radius 2 is 1.91 bits per heavy atom. The number of benzene rings is 2. The molecule has 0 aromatic heterocycles. The molecule has 0 aliphatic carbocycles. The number of methoxy groups -OCH3 is 1. The van der Waals surface area contributed by atoms with Gasteiger partial charge in [0.15, 0.2) is 11.5 Å². The minimum absolute atomic E-state index is 0.292. The quantitative estimate of drug-likeness (QED) is 0.650. The number of hydrogen-bond donors (Lipinski definition) is 0. The van der Waals surface area contributed by atoms with E-state index in [2.05, 4.69) is 15.9 Å². The fourth-order valence-electron chi connectivity index (χ4n) is 1.93. The molecule has 0 radical (unpaired) electrons. The maximum atomic E-state index is 11.8. The van der Waals surface area contributed by atoms with E-state index < -0.39 is 5.97 Å². The summed E-state index contributed by atoms with van der Waals surface area (Å²) in [5, 5.41) is 0.296. The molecule has 0 aliphatic rings. The van der Waals surface area contributed by atoms with Crippen molar-refractivity contribution >= 4 is 33.5 Å². The van der Waals surface area contributed by atoms with Crippen LogP contribution < -0.4 is 9.47 Å². The van der Waals surface area contributed by atoms with Crippen molar-refractivity contribution in [2.24, 2.45) is 0 Å². The second-order valence-corrected chi connectivity index (χ2v) is 5.95. The van der Waals surface area contributed by atoms with Crippen molar-refractivity contribution in [3.8, 4) is 11.5 Å². The van der Waals surface area contributed by atoms with Gasteiger partial charge in [-0.2, -0.15) is 0 Å². The minimum atomic E-state index is -0.452. The van der Waals surface area contributed by atoms with Crippen LogP contribution in [0.2, 0.25) is 5.02 Å². The molecule has 0 amide bonds. The summed E-state index contributed by atoms with van der Waals surface area (Å²) < 4.78 is 17.0. The summed E-state index contributed by atoms with van der Waals surface area (Å²) in [6.07, 6.45) is 0. The monoisotopic (exact) mass is 398 g/mol. The van der Waals surface area contributed by atoms with E-state index in [-0.39, 0.29) is 0 Å². The van der Waals surface area contributed by atoms with E-state index in [1.165, 1.54) is 13.2 Å². The SMILES string of the molecule is CCOC(=O)c1cc(Cl)c(OCc2ccc(Br)cc2)c(OC)c1. The molecule has 0 fully saturated rings. The number of esters is 1. The lowest BCUT2D eigenvalue weighted by Crippen LogP contribution is -2.06. The Bertz CT molecular complexity index is 686. The zero-order chi connectivity index (χ0) is 16.8. The van der Waals surface area contributed by atoms with Crippen LogP contribution in [0, 0.1) is 0 Å². The summed E-state index contributed by atoms with van der Waals surface area (Å²) in [5.74, 6) is 0.329. The molecule has 2 rings (SSSR count). The Labute approximate surface area is 148 Å². The first-order valence-electron chi connectivity index (χ1n) is 6.97. The fourth-order valence-corrected chi connectivity index (χ4v) is 2.46. The number of hydrogen-bond acceptors (Lipinski definition) is 4. The van der Waals surface area contributed by atoms with E-state index in [1.54, 1.807) is 13.0 Å². The summed E-state index contributed by atoms with van der Waals surface area (Å²) in [6, 6.07) is 10.8. The predicted octanol–water partition coefficient (Wildman–Crippen LogP) is 4.87. The third-order valence-electron chi connectivity index (χ3n) is 3.04. The molecule has 6 heteroatoms. The van der Waals surface area contributed by atoms with E-state index in [1.807, 2.05) is 24.3 Å². The molecule has 0 unspecified atom stereocenters. The van der Waals surface area contributed by atoms with Gasteiger partial charge >= 0.3 is 5.97 Å². The first-order chi connectivity index (χ1) is 11.0. The Hall–Kier alpha value is -1.72. The molecule has 0 atom stereocenters. The zero-order valence-electron chi connectivity index (χ0n) is 12.8. The van der Waals surface area contributed by atoms with Gasteiger partial charge in [0, 0.05) is 4.47 Å². The molecule has 0 heterocycles. The molecule has 0 saturated heterocycles. The molecular weight excluding hydrogens is 384 g/mol. The van der Waals surface area contributed by atoms with Crippen LogP contribution in [-0.4, -0.2) is 19.7 Å². The standard InChI is InChI=1S/C17H16BrClO4/c1-3-22-17(20)12-8-14(19)16(15(9-12)21-2)23-10-11-4-6-13(18)7-5-11/h4-9H,3,10H2,1-2H3. The molecule has 0 saturated carbocycles. The zero-order valence-corrected chi connectivity index (χ0v) is 15.1. The molecule has 122 valence electrons. The fraction of sp³-hybridized carbons (Fsp3) is 0.235. The van der Waals surface area contributed by atoms with E-state index in [0.717, 1.165) is 10.0 Å². The van der Waals surface area contributed by atoms with Gasteiger partial charge in [-0.1, -0.05) is 39.7 Å². The number of rotatable bonds is 6. The molecule has 0 bridgehead atoms. The van der Waals surface area contributed by atoms with E-state index >= 15 is 0 Å². The van der Waals surface area contributed by atoms with Crippen LogP contribution in [0.15, 0.2) is 40.9 Å². The molecule has 4 nitrogen and oxygen atoms in total.